The van der Waals surface area contributed by atoms with E-state index in [0.29, 0.717) is 5.92 Å². The van der Waals surface area contributed by atoms with Crippen LogP contribution in [0, 0.1) is 11.8 Å². The van der Waals surface area contributed by atoms with E-state index in [1.165, 1.54) is 0 Å². The van der Waals surface area contributed by atoms with E-state index in [2.05, 4.69) is 13.8 Å². The third-order valence-electron chi connectivity index (χ3n) is 4.08. The van der Waals surface area contributed by atoms with Crippen LogP contribution >= 0.6 is 0 Å². The van der Waals surface area contributed by atoms with E-state index in [0.717, 1.165) is 50.2 Å². The normalized spacial score (nSPS) is 41.9. The molecule has 2 rings (SSSR count). The number of aliphatic hydroxyl groups is 1. The summed E-state index contributed by atoms with van der Waals surface area (Å²) in [6.45, 7) is 5.26. The van der Waals surface area contributed by atoms with Crippen LogP contribution in [0.25, 0.3) is 0 Å². The van der Waals surface area contributed by atoms with Gasteiger partial charge in [0.05, 0.1) is 18.5 Å². The van der Waals surface area contributed by atoms with Crippen molar-refractivity contribution in [1.82, 2.24) is 0 Å². The minimum Gasteiger partial charge on any atom is -0.501 e. The molecular weight excluding hydrogens is 188 g/mol. The molecule has 0 aromatic rings. The van der Waals surface area contributed by atoms with Gasteiger partial charge >= 0.3 is 0 Å². The Morgan fingerprint density at radius 1 is 1.47 bits per heavy atom. The number of rotatable bonds is 1. The van der Waals surface area contributed by atoms with Crippen molar-refractivity contribution >= 4 is 0 Å². The Morgan fingerprint density at radius 2 is 2.27 bits per heavy atom. The fourth-order valence-corrected chi connectivity index (χ4v) is 2.99. The van der Waals surface area contributed by atoms with Crippen molar-refractivity contribution in [3.05, 3.63) is 11.8 Å². The maximum Gasteiger partial charge on any atom is 0.0914 e. The minimum atomic E-state index is -0.576. The van der Waals surface area contributed by atoms with Crippen LogP contribution in [0.4, 0.5) is 0 Å². The van der Waals surface area contributed by atoms with E-state index >= 15 is 0 Å². The number of hydrogen-bond donors (Lipinski definition) is 1. The van der Waals surface area contributed by atoms with Crippen molar-refractivity contribution in [3.8, 4) is 0 Å². The monoisotopic (exact) mass is 210 g/mol. The zero-order valence-electron chi connectivity index (χ0n) is 9.83. The second kappa shape index (κ2) is 4.17. The van der Waals surface area contributed by atoms with Crippen molar-refractivity contribution in [2.75, 3.05) is 6.61 Å². The van der Waals surface area contributed by atoms with Gasteiger partial charge in [-0.25, -0.2) is 0 Å². The standard InChI is InChI=1S/C13H22O2/c1-10-5-6-13(14,11(2)8-10)12-4-3-7-15-9-12/h9-11,14H,3-8H2,1-2H3. The smallest absolute Gasteiger partial charge is 0.0914 e. The molecule has 3 unspecified atom stereocenters. The van der Waals surface area contributed by atoms with Crippen molar-refractivity contribution in [1.29, 1.82) is 0 Å². The zero-order chi connectivity index (χ0) is 10.9. The first kappa shape index (κ1) is 11.0. The van der Waals surface area contributed by atoms with E-state index in [4.69, 9.17) is 4.74 Å². The van der Waals surface area contributed by atoms with Crippen LogP contribution in [-0.4, -0.2) is 17.3 Å². The first-order valence-electron chi connectivity index (χ1n) is 6.16. The van der Waals surface area contributed by atoms with Gasteiger partial charge in [0.15, 0.2) is 0 Å². The van der Waals surface area contributed by atoms with Crippen molar-refractivity contribution in [2.24, 2.45) is 11.8 Å². The topological polar surface area (TPSA) is 29.5 Å². The molecule has 86 valence electrons. The lowest BCUT2D eigenvalue weighted by Gasteiger charge is -2.43. The summed E-state index contributed by atoms with van der Waals surface area (Å²) in [5.41, 5.74) is 0.556. The van der Waals surface area contributed by atoms with E-state index in [1.54, 1.807) is 0 Å². The maximum atomic E-state index is 10.7. The molecule has 1 heterocycles. The predicted molar refractivity (Wildman–Crippen MR) is 60.4 cm³/mol. The molecule has 1 saturated carbocycles. The summed E-state index contributed by atoms with van der Waals surface area (Å²) in [4.78, 5) is 0. The molecule has 1 aliphatic carbocycles. The summed E-state index contributed by atoms with van der Waals surface area (Å²) in [5, 5.41) is 10.7. The summed E-state index contributed by atoms with van der Waals surface area (Å²) in [7, 11) is 0. The Kier molecular flexibility index (Phi) is 3.06. The Hall–Kier alpha value is -0.500. The molecular formula is C13H22O2. The molecule has 0 amide bonds. The van der Waals surface area contributed by atoms with Crippen LogP contribution in [0.2, 0.25) is 0 Å². The van der Waals surface area contributed by atoms with Crippen LogP contribution in [0.15, 0.2) is 11.8 Å². The quantitative estimate of drug-likeness (QED) is 0.721. The van der Waals surface area contributed by atoms with Gasteiger partial charge in [0.2, 0.25) is 0 Å². The van der Waals surface area contributed by atoms with Crippen LogP contribution in [0.3, 0.4) is 0 Å². The number of hydrogen-bond acceptors (Lipinski definition) is 2. The molecule has 2 heteroatoms. The molecule has 0 aromatic carbocycles. The van der Waals surface area contributed by atoms with Crippen molar-refractivity contribution in [3.63, 3.8) is 0 Å². The van der Waals surface area contributed by atoms with E-state index in [1.807, 2.05) is 6.26 Å². The van der Waals surface area contributed by atoms with Crippen LogP contribution in [-0.2, 0) is 4.74 Å². The lowest BCUT2D eigenvalue weighted by Crippen LogP contribution is -2.43. The molecule has 15 heavy (non-hydrogen) atoms. The third kappa shape index (κ3) is 2.05. The Balaban J connectivity index is 2.14. The molecule has 1 N–H and O–H groups in total. The van der Waals surface area contributed by atoms with Crippen molar-refractivity contribution in [2.45, 2.75) is 51.6 Å². The van der Waals surface area contributed by atoms with Gasteiger partial charge in [-0.3, -0.25) is 0 Å². The fourth-order valence-electron chi connectivity index (χ4n) is 2.99. The number of ether oxygens (including phenoxy) is 1. The summed E-state index contributed by atoms with van der Waals surface area (Å²) < 4.78 is 5.35. The molecule has 0 aromatic heterocycles. The highest BCUT2D eigenvalue weighted by Gasteiger charge is 2.41. The minimum absolute atomic E-state index is 0.370. The SMILES string of the molecule is CC1CCC(O)(C2=COCCC2)C(C)C1. The lowest BCUT2D eigenvalue weighted by molar-refractivity contribution is -0.0292. The summed E-state index contributed by atoms with van der Waals surface area (Å²) in [6.07, 6.45) is 7.05. The van der Waals surface area contributed by atoms with Gasteiger partial charge in [0.1, 0.15) is 0 Å². The van der Waals surface area contributed by atoms with Crippen LogP contribution in [0.1, 0.15) is 46.0 Å². The molecule has 0 radical (unpaired) electrons. The first-order chi connectivity index (χ1) is 7.13. The highest BCUT2D eigenvalue weighted by Crippen LogP contribution is 2.43. The summed E-state index contributed by atoms with van der Waals surface area (Å²) >= 11 is 0. The highest BCUT2D eigenvalue weighted by atomic mass is 16.5. The molecule has 2 nitrogen and oxygen atoms in total. The molecule has 2 aliphatic rings. The van der Waals surface area contributed by atoms with Crippen LogP contribution in [0.5, 0.6) is 0 Å². The molecule has 3 atom stereocenters. The summed E-state index contributed by atoms with van der Waals surface area (Å²) in [5.74, 6) is 1.12. The molecule has 0 spiro atoms. The van der Waals surface area contributed by atoms with Crippen molar-refractivity contribution < 1.29 is 9.84 Å². The first-order valence-corrected chi connectivity index (χ1v) is 6.16. The Bertz CT molecular complexity index is 259. The molecule has 0 bridgehead atoms. The zero-order valence-corrected chi connectivity index (χ0v) is 9.83. The van der Waals surface area contributed by atoms with Gasteiger partial charge in [0.25, 0.3) is 0 Å². The molecule has 0 saturated heterocycles. The van der Waals surface area contributed by atoms with Gasteiger partial charge in [-0.15, -0.1) is 0 Å². The molecule has 1 fully saturated rings. The average molecular weight is 210 g/mol. The third-order valence-corrected chi connectivity index (χ3v) is 4.08. The second-order valence-electron chi connectivity index (χ2n) is 5.32. The van der Waals surface area contributed by atoms with E-state index in [9.17, 15) is 5.11 Å². The van der Waals surface area contributed by atoms with Gasteiger partial charge in [-0.05, 0) is 49.5 Å². The predicted octanol–water partition coefficient (Wildman–Crippen LogP) is 2.87. The van der Waals surface area contributed by atoms with Gasteiger partial charge in [-0.1, -0.05) is 13.8 Å². The second-order valence-corrected chi connectivity index (χ2v) is 5.32. The Labute approximate surface area is 92.3 Å². The lowest BCUT2D eigenvalue weighted by atomic mass is 9.68. The average Bonchev–Trinajstić information content (AvgIpc) is 2.25. The Morgan fingerprint density at radius 3 is 2.87 bits per heavy atom. The summed E-state index contributed by atoms with van der Waals surface area (Å²) in [6, 6.07) is 0. The van der Waals surface area contributed by atoms with Gasteiger partial charge < -0.3 is 9.84 Å². The van der Waals surface area contributed by atoms with Gasteiger partial charge in [-0.2, -0.15) is 0 Å². The highest BCUT2D eigenvalue weighted by molar-refractivity contribution is 5.19. The maximum absolute atomic E-state index is 10.7. The van der Waals surface area contributed by atoms with E-state index < -0.39 is 5.60 Å². The largest absolute Gasteiger partial charge is 0.501 e. The van der Waals surface area contributed by atoms with E-state index in [-0.39, 0.29) is 0 Å². The van der Waals surface area contributed by atoms with Crippen LogP contribution < -0.4 is 0 Å². The fraction of sp³-hybridized carbons (Fsp3) is 0.846. The van der Waals surface area contributed by atoms with Gasteiger partial charge in [0, 0.05) is 0 Å². The molecule has 1 aliphatic heterocycles.